The van der Waals surface area contributed by atoms with Crippen LogP contribution in [0.4, 0.5) is 0 Å². The molecule has 0 nitrogen and oxygen atoms in total. The molecule has 4 aromatic rings. The average molecular weight is 458 g/mol. The molecule has 0 radical (unpaired) electrons. The van der Waals surface area contributed by atoms with Crippen molar-refractivity contribution in [3.8, 4) is 11.1 Å². The van der Waals surface area contributed by atoms with E-state index in [1.807, 2.05) is 0 Å². The van der Waals surface area contributed by atoms with Gasteiger partial charge in [0.05, 0.1) is 0 Å². The first-order chi connectivity index (χ1) is 13.8. The van der Waals surface area contributed by atoms with Crippen molar-refractivity contribution in [3.63, 3.8) is 0 Å². The Bertz CT molecular complexity index is 1030. The van der Waals surface area contributed by atoms with Crippen molar-refractivity contribution in [1.29, 1.82) is 0 Å². The largest absolute Gasteiger partial charge is 2.00 e. The average Bonchev–Trinajstić information content (AvgIpc) is 3.46. The van der Waals surface area contributed by atoms with E-state index in [9.17, 15) is 0 Å². The normalized spacial score (nSPS) is 12.2. The zero-order valence-corrected chi connectivity index (χ0v) is 20.1. The Balaban J connectivity index is 0.000000189. The Hall–Kier alpha value is -1.72. The predicted molar refractivity (Wildman–Crippen MR) is 122 cm³/mol. The topological polar surface area (TPSA) is 0 Å². The van der Waals surface area contributed by atoms with Gasteiger partial charge in [0.1, 0.15) is 0 Å². The van der Waals surface area contributed by atoms with Crippen LogP contribution in [0.15, 0.2) is 72.8 Å². The van der Waals surface area contributed by atoms with Crippen LogP contribution >= 0.6 is 0 Å². The first-order valence-corrected chi connectivity index (χ1v) is 10.7. The molecule has 0 saturated heterocycles. The summed E-state index contributed by atoms with van der Waals surface area (Å²) in [5.74, 6) is 0. The zero-order valence-electron chi connectivity index (χ0n) is 17.7. The van der Waals surface area contributed by atoms with E-state index in [0.29, 0.717) is 0 Å². The molecule has 5 rings (SSSR count). The van der Waals surface area contributed by atoms with Gasteiger partial charge in [-0.3, -0.25) is 0 Å². The molecule has 146 valence electrons. The number of hydrogen-bond acceptors (Lipinski definition) is 0. The molecule has 0 aromatic heterocycles. The van der Waals surface area contributed by atoms with Crippen LogP contribution in [0, 0.1) is 6.92 Å². The summed E-state index contributed by atoms with van der Waals surface area (Å²) < 4.78 is 0. The Kier molecular flexibility index (Phi) is 7.85. The van der Waals surface area contributed by atoms with Gasteiger partial charge in [0.15, 0.2) is 0 Å². The summed E-state index contributed by atoms with van der Waals surface area (Å²) in [5, 5.41) is 2.82. The molecule has 29 heavy (non-hydrogen) atoms. The summed E-state index contributed by atoms with van der Waals surface area (Å²) in [7, 11) is 0. The number of rotatable bonds is 4. The molecule has 0 amide bonds. The van der Waals surface area contributed by atoms with Gasteiger partial charge in [0.25, 0.3) is 0 Å². The van der Waals surface area contributed by atoms with E-state index in [-0.39, 0.29) is 26.2 Å². The van der Waals surface area contributed by atoms with E-state index in [0.717, 1.165) is 0 Å². The summed E-state index contributed by atoms with van der Waals surface area (Å²) in [6.45, 7) is 4.38. The predicted octanol–water partition coefficient (Wildman–Crippen LogP) is 7.77. The molecule has 0 bridgehead atoms. The number of benzene rings is 2. The number of hydrogen-bond donors (Lipinski definition) is 0. The van der Waals surface area contributed by atoms with Crippen LogP contribution in [-0.2, 0) is 45.5 Å². The molecule has 1 heteroatoms. The van der Waals surface area contributed by atoms with Crippen molar-refractivity contribution in [3.05, 3.63) is 95.1 Å². The van der Waals surface area contributed by atoms with Crippen molar-refractivity contribution < 1.29 is 26.2 Å². The maximum atomic E-state index is 2.39. The van der Waals surface area contributed by atoms with Crippen molar-refractivity contribution in [1.82, 2.24) is 0 Å². The SMILES string of the molecule is CCCC[c-]1ccc(C)c1.[Zr+2].c1ccc(-c2c3c(cc4[cH-]ccc24)CCC3)cc1. The third kappa shape index (κ3) is 5.07. The van der Waals surface area contributed by atoms with Crippen molar-refractivity contribution >= 4 is 10.8 Å². The second-order valence-corrected chi connectivity index (χ2v) is 8.04. The minimum absolute atomic E-state index is 0. The Morgan fingerprint density at radius 2 is 1.86 bits per heavy atom. The number of unbranched alkanes of at least 4 members (excludes halogenated alkanes) is 1. The summed E-state index contributed by atoms with van der Waals surface area (Å²) in [5.41, 5.74) is 8.89. The van der Waals surface area contributed by atoms with Gasteiger partial charge in [-0.2, -0.15) is 29.8 Å². The summed E-state index contributed by atoms with van der Waals surface area (Å²) in [6.07, 6.45) is 7.66. The molecule has 0 atom stereocenters. The first-order valence-electron chi connectivity index (χ1n) is 10.7. The van der Waals surface area contributed by atoms with Gasteiger partial charge in [-0.25, -0.2) is 11.6 Å². The van der Waals surface area contributed by atoms with Crippen LogP contribution in [0.25, 0.3) is 21.9 Å². The Morgan fingerprint density at radius 1 is 1.03 bits per heavy atom. The van der Waals surface area contributed by atoms with E-state index in [1.165, 1.54) is 71.6 Å². The second kappa shape index (κ2) is 10.4. The Morgan fingerprint density at radius 3 is 2.59 bits per heavy atom. The van der Waals surface area contributed by atoms with E-state index in [2.05, 4.69) is 86.6 Å². The van der Waals surface area contributed by atoms with Crippen LogP contribution < -0.4 is 0 Å². The zero-order chi connectivity index (χ0) is 19.3. The van der Waals surface area contributed by atoms with Gasteiger partial charge in [-0.05, 0) is 24.8 Å². The minimum Gasteiger partial charge on any atom is -0.211 e. The van der Waals surface area contributed by atoms with Crippen LogP contribution in [0.5, 0.6) is 0 Å². The van der Waals surface area contributed by atoms with E-state index in [1.54, 1.807) is 11.1 Å². The standard InChI is InChI=1S/C18H15.C10H15.Zr/c1-2-6-13(7-3-1)18-16-10-4-8-14(16)12-15-9-5-11-17(15)18;1-3-4-5-10-7-6-9(2)8-10;/h1-4,6-8,10,12H,5,9,11H2;6-8H,3-5H2,1-2H3;/q2*-1;+2. The van der Waals surface area contributed by atoms with Crippen LogP contribution in [-0.4, -0.2) is 0 Å². The van der Waals surface area contributed by atoms with Crippen LogP contribution in [0.3, 0.4) is 0 Å². The summed E-state index contributed by atoms with van der Waals surface area (Å²) in [4.78, 5) is 0. The van der Waals surface area contributed by atoms with E-state index >= 15 is 0 Å². The molecule has 0 saturated carbocycles. The molecule has 4 aromatic carbocycles. The summed E-state index contributed by atoms with van der Waals surface area (Å²) >= 11 is 0. The maximum absolute atomic E-state index is 2.39. The molecule has 0 unspecified atom stereocenters. The fourth-order valence-electron chi connectivity index (χ4n) is 4.45. The van der Waals surface area contributed by atoms with Crippen LogP contribution in [0.2, 0.25) is 0 Å². The molecule has 0 spiro atoms. The fraction of sp³-hybridized carbons (Fsp3) is 0.286. The molecule has 1 aliphatic carbocycles. The molecule has 1 aliphatic rings. The molecule has 0 N–H and O–H groups in total. The quantitative estimate of drug-likeness (QED) is 0.275. The second-order valence-electron chi connectivity index (χ2n) is 8.04. The van der Waals surface area contributed by atoms with Gasteiger partial charge in [0, 0.05) is 0 Å². The molecule has 0 aliphatic heterocycles. The van der Waals surface area contributed by atoms with Gasteiger partial charge in [-0.1, -0.05) is 80.1 Å². The first kappa shape index (κ1) is 22.0. The van der Waals surface area contributed by atoms with E-state index < -0.39 is 0 Å². The van der Waals surface area contributed by atoms with Gasteiger partial charge < -0.3 is 0 Å². The fourth-order valence-corrected chi connectivity index (χ4v) is 4.45. The van der Waals surface area contributed by atoms with Gasteiger partial charge >= 0.3 is 26.2 Å². The molecule has 0 heterocycles. The Labute approximate surface area is 194 Å². The third-order valence-corrected chi connectivity index (χ3v) is 5.87. The third-order valence-electron chi connectivity index (χ3n) is 5.87. The molecular formula is C28H30Zr. The van der Waals surface area contributed by atoms with Gasteiger partial charge in [0.2, 0.25) is 0 Å². The van der Waals surface area contributed by atoms with Crippen molar-refractivity contribution in [2.75, 3.05) is 0 Å². The van der Waals surface area contributed by atoms with Crippen molar-refractivity contribution in [2.45, 2.75) is 52.4 Å². The monoisotopic (exact) mass is 456 g/mol. The molecular weight excluding hydrogens is 428 g/mol. The molecule has 0 fully saturated rings. The van der Waals surface area contributed by atoms with Crippen molar-refractivity contribution in [2.24, 2.45) is 0 Å². The maximum Gasteiger partial charge on any atom is 2.00 e. The van der Waals surface area contributed by atoms with Gasteiger partial charge in [-0.15, -0.1) is 22.9 Å². The smallest absolute Gasteiger partial charge is 0.211 e. The minimum atomic E-state index is 0. The number of fused-ring (bicyclic) bond motifs is 2. The van der Waals surface area contributed by atoms with Crippen LogP contribution in [0.1, 0.15) is 48.4 Å². The van der Waals surface area contributed by atoms with E-state index in [4.69, 9.17) is 0 Å². The number of aryl methyl sites for hydroxylation is 3. The summed E-state index contributed by atoms with van der Waals surface area (Å²) in [6, 6.07) is 26.6.